The molecule has 45 heavy (non-hydrogen) atoms. The molecule has 13 heteroatoms. The van der Waals surface area contributed by atoms with Gasteiger partial charge in [-0.3, -0.25) is 0 Å². The Kier molecular flexibility index (Phi) is 15.7. The molecule has 2 aromatic rings. The molecular weight excluding hydrogens is 1230 g/mol. The second-order valence-corrected chi connectivity index (χ2v) is 20.4. The highest BCUT2D eigenvalue weighted by Crippen LogP contribution is 2.54. The Morgan fingerprint density at radius 1 is 0.556 bits per heavy atom. The van der Waals surface area contributed by atoms with Gasteiger partial charge in [-0.25, -0.2) is 0 Å². The standard InChI is InChI=1S/C32H36Br10O3/c1-5-31(3,17-9-13-43-17)11-7-15(19-21(33)25(37)29(41)26(38)22(19)34)45-16(8-12-32(4,6-2)18-10-14-44-18)20-23(35)27(39)30(42)28(40)24(20)36/h15-18H,5-14H2,1-4H3. The second kappa shape index (κ2) is 17.3. The zero-order chi connectivity index (χ0) is 33.4. The number of ether oxygens (including phenoxy) is 3. The summed E-state index contributed by atoms with van der Waals surface area (Å²) < 4.78 is 29.1. The van der Waals surface area contributed by atoms with Crippen LogP contribution in [-0.2, 0) is 14.2 Å². The van der Waals surface area contributed by atoms with E-state index in [9.17, 15) is 0 Å². The molecule has 0 amide bonds. The van der Waals surface area contributed by atoms with E-state index in [-0.39, 0.29) is 35.2 Å². The van der Waals surface area contributed by atoms with Gasteiger partial charge in [-0.1, -0.05) is 27.7 Å². The topological polar surface area (TPSA) is 27.7 Å². The first kappa shape index (κ1) is 40.9. The Labute approximate surface area is 352 Å². The highest BCUT2D eigenvalue weighted by atomic mass is 79.9. The largest absolute Gasteiger partial charge is 0.377 e. The molecule has 252 valence electrons. The lowest BCUT2D eigenvalue weighted by atomic mass is 9.73. The van der Waals surface area contributed by atoms with E-state index in [1.165, 1.54) is 0 Å². The van der Waals surface area contributed by atoms with Gasteiger partial charge in [-0.05, 0) is 221 Å². The Hall–Kier alpha value is 3.12. The Balaban J connectivity index is 1.83. The van der Waals surface area contributed by atoms with Crippen molar-refractivity contribution in [3.63, 3.8) is 0 Å². The van der Waals surface area contributed by atoms with Crippen LogP contribution in [0.2, 0.25) is 0 Å². The molecule has 0 saturated carbocycles. The zero-order valence-electron chi connectivity index (χ0n) is 25.4. The lowest BCUT2D eigenvalue weighted by Gasteiger charge is -2.44. The van der Waals surface area contributed by atoms with E-state index in [1.807, 2.05) is 0 Å². The highest BCUT2D eigenvalue weighted by molar-refractivity contribution is 9.16. The van der Waals surface area contributed by atoms with E-state index in [0.29, 0.717) is 0 Å². The third-order valence-corrected chi connectivity index (χ3v) is 22.3. The molecule has 2 heterocycles. The molecule has 2 aliphatic rings. The quantitative estimate of drug-likeness (QED) is 0.139. The van der Waals surface area contributed by atoms with E-state index >= 15 is 0 Å². The van der Waals surface area contributed by atoms with Crippen molar-refractivity contribution in [3.8, 4) is 0 Å². The predicted molar refractivity (Wildman–Crippen MR) is 220 cm³/mol. The highest BCUT2D eigenvalue weighted by Gasteiger charge is 2.41. The van der Waals surface area contributed by atoms with Gasteiger partial charge in [0.15, 0.2) is 0 Å². The average molecular weight is 1270 g/mol. The first-order chi connectivity index (χ1) is 21.1. The van der Waals surface area contributed by atoms with Gasteiger partial charge in [-0.15, -0.1) is 0 Å². The number of rotatable bonds is 14. The van der Waals surface area contributed by atoms with E-state index in [0.717, 1.165) is 120 Å². The van der Waals surface area contributed by atoms with Crippen molar-refractivity contribution in [1.82, 2.24) is 0 Å². The molecule has 2 saturated heterocycles. The molecule has 6 unspecified atom stereocenters. The van der Waals surface area contributed by atoms with Crippen molar-refractivity contribution < 1.29 is 14.2 Å². The van der Waals surface area contributed by atoms with Gasteiger partial charge in [0, 0.05) is 69.1 Å². The molecular formula is C32H36Br10O3. The van der Waals surface area contributed by atoms with Crippen molar-refractivity contribution in [2.45, 2.75) is 103 Å². The molecule has 2 fully saturated rings. The van der Waals surface area contributed by atoms with Crippen LogP contribution in [0, 0.1) is 10.8 Å². The third kappa shape index (κ3) is 8.68. The molecule has 0 spiro atoms. The minimum atomic E-state index is -0.238. The molecule has 4 rings (SSSR count). The lowest BCUT2D eigenvalue weighted by Crippen LogP contribution is -2.42. The molecule has 0 N–H and O–H groups in total. The fourth-order valence-corrected chi connectivity index (χ4v) is 13.4. The summed E-state index contributed by atoms with van der Waals surface area (Å²) in [4.78, 5) is 0. The summed E-state index contributed by atoms with van der Waals surface area (Å²) in [5.74, 6) is 0. The maximum Gasteiger partial charge on any atom is 0.0856 e. The summed E-state index contributed by atoms with van der Waals surface area (Å²) >= 11 is 38.6. The Morgan fingerprint density at radius 2 is 0.822 bits per heavy atom. The third-order valence-electron chi connectivity index (χ3n) is 9.98. The van der Waals surface area contributed by atoms with Gasteiger partial charge in [0.25, 0.3) is 0 Å². The fourth-order valence-electron chi connectivity index (χ4n) is 6.19. The van der Waals surface area contributed by atoms with Gasteiger partial charge < -0.3 is 14.2 Å². The first-order valence-electron chi connectivity index (χ1n) is 15.0. The minimum Gasteiger partial charge on any atom is -0.377 e. The van der Waals surface area contributed by atoms with Crippen LogP contribution < -0.4 is 0 Å². The molecule has 0 bridgehead atoms. The van der Waals surface area contributed by atoms with Crippen LogP contribution in [0.4, 0.5) is 0 Å². The molecule has 0 aromatic heterocycles. The first-order valence-corrected chi connectivity index (χ1v) is 23.0. The van der Waals surface area contributed by atoms with Crippen molar-refractivity contribution in [3.05, 3.63) is 55.9 Å². The SMILES string of the molecule is CCC(C)(CCC(OC(CCC(C)(CC)C1CCO1)c1c(Br)c(Br)c(Br)c(Br)c1Br)c1c(Br)c(Br)c(Br)c(Br)c1Br)C1CCO1. The van der Waals surface area contributed by atoms with E-state index < -0.39 is 0 Å². The number of halogens is 10. The maximum absolute atomic E-state index is 7.47. The molecule has 2 aromatic carbocycles. The Morgan fingerprint density at radius 3 is 1.04 bits per heavy atom. The predicted octanol–water partition coefficient (Wildman–Crippen LogP) is 16.1. The van der Waals surface area contributed by atoms with Gasteiger partial charge in [0.1, 0.15) is 0 Å². The van der Waals surface area contributed by atoms with E-state index in [4.69, 9.17) is 14.2 Å². The monoisotopic (exact) mass is 1260 g/mol. The van der Waals surface area contributed by atoms with Crippen molar-refractivity contribution in [2.24, 2.45) is 10.8 Å². The molecule has 0 aliphatic carbocycles. The molecule has 6 atom stereocenters. The van der Waals surface area contributed by atoms with Crippen LogP contribution >= 0.6 is 159 Å². The second-order valence-electron chi connectivity index (χ2n) is 12.5. The molecule has 2 aliphatic heterocycles. The molecule has 0 radical (unpaired) electrons. The summed E-state index contributed by atoms with van der Waals surface area (Å²) in [7, 11) is 0. The minimum absolute atomic E-state index is 0.0608. The smallest absolute Gasteiger partial charge is 0.0856 e. The number of benzene rings is 2. The normalized spacial score (nSPS) is 22.3. The van der Waals surface area contributed by atoms with Crippen LogP contribution in [0.3, 0.4) is 0 Å². The fraction of sp³-hybridized carbons (Fsp3) is 0.625. The molecule has 3 nitrogen and oxygen atoms in total. The van der Waals surface area contributed by atoms with E-state index in [1.54, 1.807) is 0 Å². The lowest BCUT2D eigenvalue weighted by molar-refractivity contribution is -0.135. The van der Waals surface area contributed by atoms with Gasteiger partial charge in [-0.2, -0.15) is 0 Å². The van der Waals surface area contributed by atoms with Gasteiger partial charge >= 0.3 is 0 Å². The van der Waals surface area contributed by atoms with Crippen molar-refractivity contribution in [1.29, 1.82) is 0 Å². The van der Waals surface area contributed by atoms with Crippen LogP contribution in [0.5, 0.6) is 0 Å². The van der Waals surface area contributed by atoms with Gasteiger partial charge in [0.2, 0.25) is 0 Å². The van der Waals surface area contributed by atoms with Crippen LogP contribution in [0.15, 0.2) is 44.7 Å². The summed E-state index contributed by atoms with van der Waals surface area (Å²) in [6.45, 7) is 11.0. The summed E-state index contributed by atoms with van der Waals surface area (Å²) in [5.41, 5.74) is 2.26. The summed E-state index contributed by atoms with van der Waals surface area (Å²) in [6, 6.07) is 0. The van der Waals surface area contributed by atoms with Crippen LogP contribution in [0.25, 0.3) is 0 Å². The number of hydrogen-bond donors (Lipinski definition) is 0. The van der Waals surface area contributed by atoms with Crippen LogP contribution in [-0.4, -0.2) is 25.4 Å². The van der Waals surface area contributed by atoms with Crippen molar-refractivity contribution >= 4 is 159 Å². The van der Waals surface area contributed by atoms with Crippen molar-refractivity contribution in [2.75, 3.05) is 13.2 Å². The average Bonchev–Trinajstić information content (AvgIpc) is 2.96. The zero-order valence-corrected chi connectivity index (χ0v) is 41.2. The summed E-state index contributed by atoms with van der Waals surface area (Å²) in [6.07, 6.45) is 7.98. The summed E-state index contributed by atoms with van der Waals surface area (Å²) in [5, 5.41) is 0. The van der Waals surface area contributed by atoms with Gasteiger partial charge in [0.05, 0.1) is 24.4 Å². The number of hydrogen-bond acceptors (Lipinski definition) is 3. The van der Waals surface area contributed by atoms with Crippen LogP contribution in [0.1, 0.15) is 102 Å². The van der Waals surface area contributed by atoms with E-state index in [2.05, 4.69) is 187 Å². The maximum atomic E-state index is 7.47. The Bertz CT molecular complexity index is 1230.